The molecular formula is C18H19N3O5S. The molecule has 0 heterocycles. The van der Waals surface area contributed by atoms with E-state index in [9.17, 15) is 23.3 Å². The van der Waals surface area contributed by atoms with Crippen LogP contribution < -0.4 is 10.0 Å². The summed E-state index contributed by atoms with van der Waals surface area (Å²) in [6.07, 6.45) is 1.84. The average Bonchev–Trinajstić information content (AvgIpc) is 3.46. The fourth-order valence-electron chi connectivity index (χ4n) is 2.54. The zero-order valence-corrected chi connectivity index (χ0v) is 15.5. The second-order valence-electron chi connectivity index (χ2n) is 6.49. The molecule has 0 aromatic heterocycles. The SMILES string of the molecule is Cc1ccc([N+](=O)[O-])cc1S(=O)(=O)NCc1ccc(NC(=O)C2CC2)cc1. The van der Waals surface area contributed by atoms with E-state index in [1.54, 1.807) is 31.2 Å². The first kappa shape index (κ1) is 19.0. The molecule has 142 valence electrons. The molecule has 9 heteroatoms. The lowest BCUT2D eigenvalue weighted by Crippen LogP contribution is -2.24. The number of benzene rings is 2. The molecule has 2 aromatic rings. The Kier molecular flexibility index (Phi) is 5.24. The van der Waals surface area contributed by atoms with Crippen LogP contribution in [0, 0.1) is 23.0 Å². The average molecular weight is 389 g/mol. The van der Waals surface area contributed by atoms with Crippen molar-refractivity contribution >= 4 is 27.3 Å². The van der Waals surface area contributed by atoms with Gasteiger partial charge in [0, 0.05) is 30.3 Å². The number of hydrogen-bond donors (Lipinski definition) is 2. The van der Waals surface area contributed by atoms with Crippen LogP contribution in [0.4, 0.5) is 11.4 Å². The molecule has 0 atom stereocenters. The maximum absolute atomic E-state index is 12.5. The summed E-state index contributed by atoms with van der Waals surface area (Å²) in [5, 5.41) is 13.7. The number of carbonyl (C=O) groups excluding carboxylic acids is 1. The monoisotopic (exact) mass is 389 g/mol. The summed E-state index contributed by atoms with van der Waals surface area (Å²) in [4.78, 5) is 21.9. The molecule has 1 aliphatic rings. The Morgan fingerprint density at radius 2 is 1.85 bits per heavy atom. The largest absolute Gasteiger partial charge is 0.326 e. The van der Waals surface area contributed by atoms with Crippen molar-refractivity contribution in [3.8, 4) is 0 Å². The van der Waals surface area contributed by atoms with Gasteiger partial charge in [0.05, 0.1) is 9.82 Å². The van der Waals surface area contributed by atoms with Gasteiger partial charge >= 0.3 is 0 Å². The van der Waals surface area contributed by atoms with E-state index in [2.05, 4.69) is 10.0 Å². The van der Waals surface area contributed by atoms with Crippen molar-refractivity contribution in [1.29, 1.82) is 0 Å². The fourth-order valence-corrected chi connectivity index (χ4v) is 3.82. The van der Waals surface area contributed by atoms with E-state index in [0.717, 1.165) is 18.9 Å². The minimum absolute atomic E-state index is 0.00426. The number of anilines is 1. The highest BCUT2D eigenvalue weighted by atomic mass is 32.2. The second-order valence-corrected chi connectivity index (χ2v) is 8.23. The van der Waals surface area contributed by atoms with Gasteiger partial charge in [-0.2, -0.15) is 0 Å². The van der Waals surface area contributed by atoms with Crippen LogP contribution in [0.2, 0.25) is 0 Å². The first-order valence-corrected chi connectivity index (χ1v) is 9.89. The van der Waals surface area contributed by atoms with Crippen LogP contribution in [0.1, 0.15) is 24.0 Å². The molecule has 8 nitrogen and oxygen atoms in total. The number of nitrogens with one attached hydrogen (secondary N) is 2. The number of nitro benzene ring substituents is 1. The number of non-ortho nitro benzene ring substituents is 1. The first-order chi connectivity index (χ1) is 12.8. The van der Waals surface area contributed by atoms with Gasteiger partial charge in [0.1, 0.15) is 0 Å². The van der Waals surface area contributed by atoms with Crippen LogP contribution in [-0.2, 0) is 21.4 Å². The molecule has 1 amide bonds. The van der Waals surface area contributed by atoms with Gasteiger partial charge in [-0.15, -0.1) is 0 Å². The lowest BCUT2D eigenvalue weighted by Gasteiger charge is -2.10. The van der Waals surface area contributed by atoms with Crippen LogP contribution in [0.5, 0.6) is 0 Å². The van der Waals surface area contributed by atoms with Crippen LogP contribution in [0.25, 0.3) is 0 Å². The minimum Gasteiger partial charge on any atom is -0.326 e. The topological polar surface area (TPSA) is 118 Å². The fraction of sp³-hybridized carbons (Fsp3) is 0.278. The standard InChI is InChI=1S/C18H19N3O5S/c1-12-2-9-16(21(23)24)10-17(12)27(25,26)19-11-13-3-7-15(8-4-13)20-18(22)14-5-6-14/h2-4,7-10,14,19H,5-6,11H2,1H3,(H,20,22). The molecule has 1 saturated carbocycles. The number of amides is 1. The zero-order chi connectivity index (χ0) is 19.6. The number of sulfonamides is 1. The van der Waals surface area contributed by atoms with Crippen molar-refractivity contribution in [2.45, 2.75) is 31.2 Å². The summed E-state index contributed by atoms with van der Waals surface area (Å²) in [6.45, 7) is 1.61. The van der Waals surface area contributed by atoms with Gasteiger partial charge in [0.15, 0.2) is 0 Å². The van der Waals surface area contributed by atoms with E-state index in [1.165, 1.54) is 12.1 Å². The molecule has 0 spiro atoms. The molecule has 2 N–H and O–H groups in total. The highest BCUT2D eigenvalue weighted by Crippen LogP contribution is 2.30. The third-order valence-corrected chi connectivity index (χ3v) is 5.85. The summed E-state index contributed by atoms with van der Waals surface area (Å²) >= 11 is 0. The van der Waals surface area contributed by atoms with Gasteiger partial charge in [0.25, 0.3) is 5.69 Å². The first-order valence-electron chi connectivity index (χ1n) is 8.41. The summed E-state index contributed by atoms with van der Waals surface area (Å²) in [5.41, 5.74) is 1.50. The lowest BCUT2D eigenvalue weighted by atomic mass is 10.2. The molecule has 0 unspecified atom stereocenters. The Bertz CT molecular complexity index is 983. The zero-order valence-electron chi connectivity index (χ0n) is 14.6. The van der Waals surface area contributed by atoms with Gasteiger partial charge in [-0.3, -0.25) is 14.9 Å². The summed E-state index contributed by atoms with van der Waals surface area (Å²) < 4.78 is 27.5. The molecule has 0 saturated heterocycles. The van der Waals surface area contributed by atoms with Crippen LogP contribution in [-0.4, -0.2) is 19.2 Å². The molecule has 3 rings (SSSR count). The predicted octanol–water partition coefficient (Wildman–Crippen LogP) is 2.73. The molecule has 0 aliphatic heterocycles. The molecular weight excluding hydrogens is 370 g/mol. The third-order valence-electron chi connectivity index (χ3n) is 4.31. The van der Waals surface area contributed by atoms with E-state index in [0.29, 0.717) is 16.8 Å². The Hall–Kier alpha value is -2.78. The number of aryl methyl sites for hydroxylation is 1. The highest BCUT2D eigenvalue weighted by molar-refractivity contribution is 7.89. The minimum atomic E-state index is -3.90. The Balaban J connectivity index is 1.67. The predicted molar refractivity (Wildman–Crippen MR) is 99.7 cm³/mol. The molecule has 1 aliphatic carbocycles. The number of nitrogens with zero attached hydrogens (tertiary/aromatic N) is 1. The summed E-state index contributed by atoms with van der Waals surface area (Å²) in [5.74, 6) is 0.110. The van der Waals surface area contributed by atoms with Crippen molar-refractivity contribution in [2.24, 2.45) is 5.92 Å². The van der Waals surface area contributed by atoms with Gasteiger partial charge in [0.2, 0.25) is 15.9 Å². The normalized spacial score (nSPS) is 14.0. The number of carbonyl (C=O) groups is 1. The van der Waals surface area contributed by atoms with Crippen LogP contribution in [0.3, 0.4) is 0 Å². The Labute approximate surface area is 156 Å². The van der Waals surface area contributed by atoms with E-state index in [-0.39, 0.29) is 29.0 Å². The lowest BCUT2D eigenvalue weighted by molar-refractivity contribution is -0.385. The van der Waals surface area contributed by atoms with Crippen LogP contribution >= 0.6 is 0 Å². The van der Waals surface area contributed by atoms with Crippen molar-refractivity contribution in [3.05, 3.63) is 63.7 Å². The van der Waals surface area contributed by atoms with Gasteiger partial charge in [-0.1, -0.05) is 18.2 Å². The maximum atomic E-state index is 12.5. The van der Waals surface area contributed by atoms with Crippen molar-refractivity contribution in [1.82, 2.24) is 4.72 Å². The van der Waals surface area contributed by atoms with E-state index < -0.39 is 14.9 Å². The summed E-state index contributed by atoms with van der Waals surface area (Å²) in [6, 6.07) is 10.6. The highest BCUT2D eigenvalue weighted by Gasteiger charge is 2.29. The van der Waals surface area contributed by atoms with E-state index in [4.69, 9.17) is 0 Å². The van der Waals surface area contributed by atoms with E-state index >= 15 is 0 Å². The Morgan fingerprint density at radius 1 is 1.19 bits per heavy atom. The molecule has 0 bridgehead atoms. The Morgan fingerprint density at radius 3 is 2.44 bits per heavy atom. The molecule has 2 aromatic carbocycles. The van der Waals surface area contributed by atoms with Crippen molar-refractivity contribution < 1.29 is 18.1 Å². The smallest absolute Gasteiger partial charge is 0.270 e. The van der Waals surface area contributed by atoms with Crippen molar-refractivity contribution in [3.63, 3.8) is 0 Å². The van der Waals surface area contributed by atoms with E-state index in [1.807, 2.05) is 0 Å². The molecule has 0 radical (unpaired) electrons. The number of rotatable bonds is 7. The van der Waals surface area contributed by atoms with Gasteiger partial charge in [-0.05, 0) is 43.0 Å². The second kappa shape index (κ2) is 7.45. The quantitative estimate of drug-likeness (QED) is 0.557. The molecule has 1 fully saturated rings. The van der Waals surface area contributed by atoms with Crippen LogP contribution in [0.15, 0.2) is 47.4 Å². The molecule has 27 heavy (non-hydrogen) atoms. The summed E-state index contributed by atoms with van der Waals surface area (Å²) in [7, 11) is -3.90. The number of nitro groups is 1. The maximum Gasteiger partial charge on any atom is 0.270 e. The van der Waals surface area contributed by atoms with Crippen molar-refractivity contribution in [2.75, 3.05) is 5.32 Å². The van der Waals surface area contributed by atoms with Gasteiger partial charge in [-0.25, -0.2) is 13.1 Å². The third kappa shape index (κ3) is 4.69. The van der Waals surface area contributed by atoms with Gasteiger partial charge < -0.3 is 5.32 Å². The number of hydrogen-bond acceptors (Lipinski definition) is 5.